The van der Waals surface area contributed by atoms with Crippen LogP contribution in [0.1, 0.15) is 0 Å². The Balaban J connectivity index is 3.58. The molecule has 0 aromatic heterocycles. The lowest BCUT2D eigenvalue weighted by Gasteiger charge is -1.97. The topological polar surface area (TPSA) is 107 Å². The molecule has 7 nitrogen and oxygen atoms in total. The van der Waals surface area contributed by atoms with E-state index in [-0.39, 0.29) is 0 Å². The summed E-state index contributed by atoms with van der Waals surface area (Å²) in [5.74, 6) is -2.30. The summed E-state index contributed by atoms with van der Waals surface area (Å²) in [4.78, 5) is 18.1. The largest absolute Gasteiger partial charge is 0.502 e. The maximum absolute atomic E-state index is 12.8. The molecule has 0 aliphatic heterocycles. The van der Waals surface area contributed by atoms with E-state index in [9.17, 15) is 24.6 Å². The average Bonchev–Trinajstić information content (AvgIpc) is 2.07. The number of benzene rings is 1. The number of nitro groups is 2. The monoisotopic (exact) mass is 202 g/mol. The smallest absolute Gasteiger partial charge is 0.390 e. The van der Waals surface area contributed by atoms with E-state index in [4.69, 9.17) is 5.11 Å². The van der Waals surface area contributed by atoms with Crippen molar-refractivity contribution in [3.8, 4) is 5.75 Å². The predicted molar refractivity (Wildman–Crippen MR) is 41.4 cm³/mol. The van der Waals surface area contributed by atoms with Crippen molar-refractivity contribution < 1.29 is 19.3 Å². The number of hydrogen-bond donors (Lipinski definition) is 1. The van der Waals surface area contributed by atoms with Crippen molar-refractivity contribution in [1.82, 2.24) is 0 Å². The number of phenols is 1. The molecule has 0 amide bonds. The molecule has 74 valence electrons. The number of halogens is 1. The van der Waals surface area contributed by atoms with E-state index >= 15 is 0 Å². The summed E-state index contributed by atoms with van der Waals surface area (Å²) < 4.78 is 12.8. The Bertz CT molecular complexity index is 380. The molecular weight excluding hydrogens is 199 g/mol. The van der Waals surface area contributed by atoms with Gasteiger partial charge in [-0.2, -0.15) is 4.39 Å². The molecule has 1 rings (SSSR count). The number of rotatable bonds is 2. The number of phenolic OH excluding ortho intramolecular Hbond substituents is 1. The Hall–Kier alpha value is -2.25. The molecule has 0 aliphatic rings. The molecule has 8 heteroatoms. The Labute approximate surface area is 75.7 Å². The van der Waals surface area contributed by atoms with Crippen LogP contribution in [0.3, 0.4) is 0 Å². The van der Waals surface area contributed by atoms with E-state index in [1.165, 1.54) is 0 Å². The molecule has 0 bridgehead atoms. The third-order valence-corrected chi connectivity index (χ3v) is 1.45. The highest BCUT2D eigenvalue weighted by Gasteiger charge is 2.33. The zero-order valence-corrected chi connectivity index (χ0v) is 6.51. The van der Waals surface area contributed by atoms with E-state index in [0.29, 0.717) is 12.1 Å². The minimum absolute atomic E-state index is 0.584. The van der Waals surface area contributed by atoms with Gasteiger partial charge >= 0.3 is 11.4 Å². The molecular formula is C6H3FN2O5. The van der Waals surface area contributed by atoms with Gasteiger partial charge in [-0.3, -0.25) is 20.2 Å². The molecule has 0 spiro atoms. The zero-order chi connectivity index (χ0) is 10.9. The van der Waals surface area contributed by atoms with Crippen LogP contribution in [-0.4, -0.2) is 15.0 Å². The quantitative estimate of drug-likeness (QED) is 0.575. The molecule has 1 aromatic rings. The first-order valence-electron chi connectivity index (χ1n) is 3.25. The van der Waals surface area contributed by atoms with Gasteiger partial charge < -0.3 is 5.11 Å². The molecule has 0 atom stereocenters. The highest BCUT2D eigenvalue weighted by atomic mass is 19.1. The number of aromatic hydroxyl groups is 1. The zero-order valence-electron chi connectivity index (χ0n) is 6.51. The van der Waals surface area contributed by atoms with Crippen molar-refractivity contribution >= 4 is 11.4 Å². The van der Waals surface area contributed by atoms with Gasteiger partial charge in [-0.15, -0.1) is 0 Å². The van der Waals surface area contributed by atoms with E-state index in [1.54, 1.807) is 0 Å². The van der Waals surface area contributed by atoms with Gasteiger partial charge in [0.25, 0.3) is 0 Å². The molecule has 14 heavy (non-hydrogen) atoms. The van der Waals surface area contributed by atoms with Gasteiger partial charge in [0, 0.05) is 0 Å². The standard InChI is InChI=1S/C6H3FN2O5/c7-3-1-2-4(10)6(9(13)14)5(3)8(11)12/h1-2,10H. The summed E-state index contributed by atoms with van der Waals surface area (Å²) >= 11 is 0. The van der Waals surface area contributed by atoms with Gasteiger partial charge in [0.15, 0.2) is 0 Å². The van der Waals surface area contributed by atoms with Gasteiger partial charge in [0.2, 0.25) is 11.6 Å². The van der Waals surface area contributed by atoms with Gasteiger partial charge in [-0.25, -0.2) is 0 Å². The van der Waals surface area contributed by atoms with E-state index in [0.717, 1.165) is 0 Å². The van der Waals surface area contributed by atoms with Crippen LogP contribution in [-0.2, 0) is 0 Å². The first-order chi connectivity index (χ1) is 6.45. The fourth-order valence-corrected chi connectivity index (χ4v) is 0.898. The Morgan fingerprint density at radius 2 is 1.64 bits per heavy atom. The van der Waals surface area contributed by atoms with Gasteiger partial charge in [-0.05, 0) is 12.1 Å². The van der Waals surface area contributed by atoms with Crippen LogP contribution >= 0.6 is 0 Å². The van der Waals surface area contributed by atoms with Crippen LogP contribution < -0.4 is 0 Å². The highest BCUT2D eigenvalue weighted by molar-refractivity contribution is 5.61. The molecule has 0 saturated heterocycles. The summed E-state index contributed by atoms with van der Waals surface area (Å²) in [5, 5.41) is 29.4. The Morgan fingerprint density at radius 1 is 1.14 bits per heavy atom. The fourth-order valence-electron chi connectivity index (χ4n) is 0.898. The fraction of sp³-hybridized carbons (Fsp3) is 0. The third kappa shape index (κ3) is 1.44. The molecule has 0 fully saturated rings. The summed E-state index contributed by atoms with van der Waals surface area (Å²) in [5.41, 5.74) is -2.58. The average molecular weight is 202 g/mol. The molecule has 1 N–H and O–H groups in total. The van der Waals surface area contributed by atoms with Crippen LogP contribution in [0, 0.1) is 26.0 Å². The molecule has 0 saturated carbocycles. The third-order valence-electron chi connectivity index (χ3n) is 1.45. The van der Waals surface area contributed by atoms with Crippen LogP contribution in [0.5, 0.6) is 5.75 Å². The highest BCUT2D eigenvalue weighted by Crippen LogP contribution is 2.37. The molecule has 0 unspecified atom stereocenters. The predicted octanol–water partition coefficient (Wildman–Crippen LogP) is 1.35. The van der Waals surface area contributed by atoms with Crippen molar-refractivity contribution in [2.24, 2.45) is 0 Å². The van der Waals surface area contributed by atoms with Gasteiger partial charge in [0.1, 0.15) is 0 Å². The number of hydrogen-bond acceptors (Lipinski definition) is 5. The molecule has 1 aromatic carbocycles. The minimum Gasteiger partial charge on any atom is -0.502 e. The maximum Gasteiger partial charge on any atom is 0.390 e. The second-order valence-electron chi connectivity index (χ2n) is 2.28. The Morgan fingerprint density at radius 3 is 2.00 bits per heavy atom. The lowest BCUT2D eigenvalue weighted by Crippen LogP contribution is -1.99. The van der Waals surface area contributed by atoms with Crippen molar-refractivity contribution in [3.05, 3.63) is 38.2 Å². The minimum atomic E-state index is -1.36. The van der Waals surface area contributed by atoms with Gasteiger partial charge in [-0.1, -0.05) is 0 Å². The van der Waals surface area contributed by atoms with Crippen molar-refractivity contribution in [2.45, 2.75) is 0 Å². The molecule has 0 aliphatic carbocycles. The van der Waals surface area contributed by atoms with Crippen LogP contribution in [0.4, 0.5) is 15.8 Å². The second kappa shape index (κ2) is 3.24. The summed E-state index contributed by atoms with van der Waals surface area (Å²) in [6, 6.07) is 1.26. The van der Waals surface area contributed by atoms with Crippen molar-refractivity contribution in [3.63, 3.8) is 0 Å². The summed E-state index contributed by atoms with van der Waals surface area (Å²) in [6.45, 7) is 0. The molecule has 0 heterocycles. The Kier molecular flexibility index (Phi) is 2.28. The first-order valence-corrected chi connectivity index (χ1v) is 3.25. The SMILES string of the molecule is O=[N+]([O-])c1c(O)ccc(F)c1[N+](=O)[O-]. The van der Waals surface area contributed by atoms with E-state index < -0.39 is 32.8 Å². The lowest BCUT2D eigenvalue weighted by atomic mass is 10.2. The lowest BCUT2D eigenvalue weighted by molar-refractivity contribution is -0.424. The van der Waals surface area contributed by atoms with E-state index in [1.807, 2.05) is 0 Å². The second-order valence-corrected chi connectivity index (χ2v) is 2.28. The normalized spacial score (nSPS) is 9.79. The number of nitro benzene ring substituents is 2. The van der Waals surface area contributed by atoms with Crippen LogP contribution in [0.2, 0.25) is 0 Å². The molecule has 0 radical (unpaired) electrons. The van der Waals surface area contributed by atoms with E-state index in [2.05, 4.69) is 0 Å². The summed E-state index contributed by atoms with van der Waals surface area (Å²) in [7, 11) is 0. The first kappa shape index (κ1) is 9.84. The van der Waals surface area contributed by atoms with Crippen molar-refractivity contribution in [1.29, 1.82) is 0 Å². The van der Waals surface area contributed by atoms with Gasteiger partial charge in [0.05, 0.1) is 9.85 Å². The van der Waals surface area contributed by atoms with Crippen LogP contribution in [0.15, 0.2) is 12.1 Å². The maximum atomic E-state index is 12.8. The van der Waals surface area contributed by atoms with Crippen LogP contribution in [0.25, 0.3) is 0 Å². The number of nitrogens with zero attached hydrogens (tertiary/aromatic N) is 2. The van der Waals surface area contributed by atoms with Crippen molar-refractivity contribution in [2.75, 3.05) is 0 Å². The summed E-state index contributed by atoms with van der Waals surface area (Å²) in [6.07, 6.45) is 0.